The quantitative estimate of drug-likeness (QED) is 0.619. The standard InChI is InChI=1S/C9H9BN2.2C2H6/c1-6-7-4-3-5-8(10)9(7)12(2)11-6;2*1-2/h3-5H,1-2H3;2*1-2H3. The van der Waals surface area contributed by atoms with Crippen LogP contribution in [0.25, 0.3) is 10.9 Å². The Labute approximate surface area is 100 Å². The van der Waals surface area contributed by atoms with Crippen molar-refractivity contribution in [2.75, 3.05) is 0 Å². The Morgan fingerprint density at radius 3 is 2.19 bits per heavy atom. The maximum Gasteiger partial charge on any atom is 0.116 e. The summed E-state index contributed by atoms with van der Waals surface area (Å²) in [5, 5.41) is 5.42. The maximum absolute atomic E-state index is 5.81. The zero-order valence-corrected chi connectivity index (χ0v) is 11.2. The Hall–Kier alpha value is -1.25. The molecular formula is C13H21BN2. The van der Waals surface area contributed by atoms with Crippen LogP contribution in [0.4, 0.5) is 0 Å². The van der Waals surface area contributed by atoms with Gasteiger partial charge in [0, 0.05) is 12.4 Å². The summed E-state index contributed by atoms with van der Waals surface area (Å²) in [6.45, 7) is 9.99. The van der Waals surface area contributed by atoms with Crippen molar-refractivity contribution in [3.05, 3.63) is 23.9 Å². The number of aryl methyl sites for hydroxylation is 2. The van der Waals surface area contributed by atoms with Crippen LogP contribution in [0.1, 0.15) is 33.4 Å². The van der Waals surface area contributed by atoms with Crippen molar-refractivity contribution in [1.29, 1.82) is 0 Å². The lowest BCUT2D eigenvalue weighted by Gasteiger charge is -1.97. The third-order valence-corrected chi connectivity index (χ3v) is 2.08. The number of nitrogens with zero attached hydrogens (tertiary/aromatic N) is 2. The van der Waals surface area contributed by atoms with E-state index >= 15 is 0 Å². The molecule has 0 aliphatic heterocycles. The molecular weight excluding hydrogens is 195 g/mol. The largest absolute Gasteiger partial charge is 0.268 e. The molecule has 0 atom stereocenters. The van der Waals surface area contributed by atoms with Gasteiger partial charge in [0.2, 0.25) is 0 Å². The summed E-state index contributed by atoms with van der Waals surface area (Å²) in [4.78, 5) is 0. The van der Waals surface area contributed by atoms with Crippen molar-refractivity contribution in [1.82, 2.24) is 9.78 Å². The average molecular weight is 216 g/mol. The third kappa shape index (κ3) is 2.88. The topological polar surface area (TPSA) is 17.8 Å². The van der Waals surface area contributed by atoms with Crippen LogP contribution in [-0.2, 0) is 7.05 Å². The number of fused-ring (bicyclic) bond motifs is 1. The van der Waals surface area contributed by atoms with Gasteiger partial charge in [-0.2, -0.15) is 5.10 Å². The van der Waals surface area contributed by atoms with Gasteiger partial charge in [0.05, 0.1) is 11.2 Å². The van der Waals surface area contributed by atoms with Gasteiger partial charge in [-0.1, -0.05) is 51.4 Å². The van der Waals surface area contributed by atoms with E-state index in [2.05, 4.69) is 5.10 Å². The van der Waals surface area contributed by atoms with Gasteiger partial charge in [0.25, 0.3) is 0 Å². The molecule has 0 saturated heterocycles. The van der Waals surface area contributed by atoms with Crippen molar-refractivity contribution in [2.45, 2.75) is 34.6 Å². The van der Waals surface area contributed by atoms with Gasteiger partial charge in [0.1, 0.15) is 7.85 Å². The van der Waals surface area contributed by atoms with Crippen molar-refractivity contribution >= 4 is 24.2 Å². The molecule has 0 fully saturated rings. The van der Waals surface area contributed by atoms with E-state index in [1.807, 2.05) is 64.5 Å². The molecule has 86 valence electrons. The fourth-order valence-corrected chi connectivity index (χ4v) is 1.54. The van der Waals surface area contributed by atoms with Crippen LogP contribution < -0.4 is 5.46 Å². The smallest absolute Gasteiger partial charge is 0.116 e. The highest BCUT2D eigenvalue weighted by atomic mass is 15.3. The van der Waals surface area contributed by atoms with Crippen LogP contribution >= 0.6 is 0 Å². The molecule has 1 heterocycles. The molecule has 2 aromatic rings. The van der Waals surface area contributed by atoms with Crippen LogP contribution in [0.15, 0.2) is 18.2 Å². The van der Waals surface area contributed by atoms with Gasteiger partial charge < -0.3 is 0 Å². The normalized spacial score (nSPS) is 8.88. The summed E-state index contributed by atoms with van der Waals surface area (Å²) >= 11 is 0. The first-order valence-electron chi connectivity index (χ1n) is 5.88. The summed E-state index contributed by atoms with van der Waals surface area (Å²) < 4.78 is 1.82. The van der Waals surface area contributed by atoms with Crippen LogP contribution in [0.2, 0.25) is 0 Å². The Morgan fingerprint density at radius 1 is 1.12 bits per heavy atom. The first-order valence-corrected chi connectivity index (χ1v) is 5.88. The van der Waals surface area contributed by atoms with Crippen molar-refractivity contribution in [2.24, 2.45) is 7.05 Å². The number of para-hydroxylation sites is 1. The minimum absolute atomic E-state index is 0.788. The Balaban J connectivity index is 0.000000509. The van der Waals surface area contributed by atoms with E-state index in [-0.39, 0.29) is 0 Å². The SMILES string of the molecule is CC.CC.[B]c1cccc2c(C)nn(C)c12. The summed E-state index contributed by atoms with van der Waals surface area (Å²) in [7, 11) is 7.72. The third-order valence-electron chi connectivity index (χ3n) is 2.08. The summed E-state index contributed by atoms with van der Waals surface area (Å²) in [6.07, 6.45) is 0. The van der Waals surface area contributed by atoms with Crippen LogP contribution in [0, 0.1) is 6.92 Å². The molecule has 2 rings (SSSR count). The zero-order chi connectivity index (χ0) is 12.7. The van der Waals surface area contributed by atoms with E-state index in [0.717, 1.165) is 22.1 Å². The second-order valence-corrected chi connectivity index (χ2v) is 2.95. The van der Waals surface area contributed by atoms with E-state index in [9.17, 15) is 0 Å². The first-order chi connectivity index (χ1) is 7.70. The molecule has 16 heavy (non-hydrogen) atoms. The Morgan fingerprint density at radius 2 is 1.69 bits per heavy atom. The van der Waals surface area contributed by atoms with Gasteiger partial charge in [0.15, 0.2) is 0 Å². The minimum Gasteiger partial charge on any atom is -0.268 e. The lowest BCUT2D eigenvalue weighted by molar-refractivity contribution is 0.785. The van der Waals surface area contributed by atoms with Crippen LogP contribution in [-0.4, -0.2) is 17.6 Å². The fourth-order valence-electron chi connectivity index (χ4n) is 1.54. The highest BCUT2D eigenvalue weighted by Gasteiger charge is 2.04. The minimum atomic E-state index is 0.788. The van der Waals surface area contributed by atoms with Gasteiger partial charge in [-0.25, -0.2) is 0 Å². The van der Waals surface area contributed by atoms with Gasteiger partial charge >= 0.3 is 0 Å². The Kier molecular flexibility index (Phi) is 6.55. The molecule has 2 nitrogen and oxygen atoms in total. The molecule has 0 saturated carbocycles. The summed E-state index contributed by atoms with van der Waals surface area (Å²) in [5.41, 5.74) is 2.84. The summed E-state index contributed by atoms with van der Waals surface area (Å²) in [6, 6.07) is 5.88. The molecule has 1 aromatic carbocycles. The second kappa shape index (κ2) is 7.10. The van der Waals surface area contributed by atoms with E-state index < -0.39 is 0 Å². The molecule has 0 bridgehead atoms. The maximum atomic E-state index is 5.81. The molecule has 0 N–H and O–H groups in total. The highest BCUT2D eigenvalue weighted by Crippen LogP contribution is 2.13. The van der Waals surface area contributed by atoms with E-state index in [1.165, 1.54) is 0 Å². The lowest BCUT2D eigenvalue weighted by atomic mass is 9.93. The Bertz CT molecular complexity index is 433. The van der Waals surface area contributed by atoms with Crippen molar-refractivity contribution < 1.29 is 0 Å². The monoisotopic (exact) mass is 216 g/mol. The van der Waals surface area contributed by atoms with Crippen LogP contribution in [0.5, 0.6) is 0 Å². The van der Waals surface area contributed by atoms with E-state index in [0.29, 0.717) is 0 Å². The molecule has 1 aromatic heterocycles. The molecule has 0 unspecified atom stereocenters. The van der Waals surface area contributed by atoms with Gasteiger partial charge in [-0.15, -0.1) is 0 Å². The zero-order valence-electron chi connectivity index (χ0n) is 11.2. The molecule has 0 spiro atoms. The van der Waals surface area contributed by atoms with Crippen LogP contribution in [0.3, 0.4) is 0 Å². The second-order valence-electron chi connectivity index (χ2n) is 2.95. The predicted molar refractivity (Wildman–Crippen MR) is 73.5 cm³/mol. The van der Waals surface area contributed by atoms with E-state index in [4.69, 9.17) is 7.85 Å². The number of rotatable bonds is 0. The number of hydrogen-bond donors (Lipinski definition) is 0. The predicted octanol–water partition coefficient (Wildman–Crippen LogP) is 2.73. The number of aromatic nitrogens is 2. The average Bonchev–Trinajstić information content (AvgIpc) is 2.61. The molecule has 3 heteroatoms. The number of hydrogen-bond acceptors (Lipinski definition) is 1. The van der Waals surface area contributed by atoms with Crippen molar-refractivity contribution in [3.8, 4) is 0 Å². The first kappa shape index (κ1) is 14.8. The fraction of sp³-hybridized carbons (Fsp3) is 0.462. The molecule has 0 aliphatic rings. The highest BCUT2D eigenvalue weighted by molar-refractivity contribution is 6.38. The molecule has 0 amide bonds. The van der Waals surface area contributed by atoms with Gasteiger partial charge in [-0.05, 0) is 6.92 Å². The lowest BCUT2D eigenvalue weighted by Crippen LogP contribution is -2.06. The van der Waals surface area contributed by atoms with Crippen molar-refractivity contribution in [3.63, 3.8) is 0 Å². The summed E-state index contributed by atoms with van der Waals surface area (Å²) in [5.74, 6) is 0. The molecule has 2 radical (unpaired) electrons. The van der Waals surface area contributed by atoms with Gasteiger partial charge in [-0.3, -0.25) is 4.68 Å². The van der Waals surface area contributed by atoms with E-state index in [1.54, 1.807) is 0 Å². The molecule has 0 aliphatic carbocycles. The number of benzene rings is 1.